The molecule has 2 heteroatoms. The van der Waals surface area contributed by atoms with Gasteiger partial charge >= 0.3 is 0 Å². The number of fused-ring (bicyclic) bond motifs is 1. The van der Waals surface area contributed by atoms with Gasteiger partial charge in [0.2, 0.25) is 0 Å². The minimum Gasteiger partial charge on any atom is -0.313 e. The van der Waals surface area contributed by atoms with Gasteiger partial charge in [0.05, 0.1) is 0 Å². The van der Waals surface area contributed by atoms with Crippen LogP contribution in [-0.2, 0) is 13.1 Å². The zero-order valence-electron chi connectivity index (χ0n) is 11.2. The van der Waals surface area contributed by atoms with Crippen molar-refractivity contribution >= 4 is 0 Å². The average molecular weight is 232 g/mol. The molecule has 0 amide bonds. The molecule has 1 aromatic rings. The molecule has 1 aliphatic heterocycles. The second-order valence-corrected chi connectivity index (χ2v) is 5.16. The van der Waals surface area contributed by atoms with E-state index >= 15 is 0 Å². The monoisotopic (exact) mass is 232 g/mol. The van der Waals surface area contributed by atoms with Gasteiger partial charge in [-0.15, -0.1) is 0 Å². The quantitative estimate of drug-likeness (QED) is 0.840. The van der Waals surface area contributed by atoms with Crippen molar-refractivity contribution in [1.29, 1.82) is 0 Å². The Hall–Kier alpha value is -0.860. The molecule has 0 radical (unpaired) electrons. The van der Waals surface area contributed by atoms with E-state index < -0.39 is 0 Å². The highest BCUT2D eigenvalue weighted by Gasteiger charge is 2.25. The van der Waals surface area contributed by atoms with E-state index in [1.165, 1.54) is 17.5 Å². The molecule has 94 valence electrons. The third-order valence-electron chi connectivity index (χ3n) is 3.88. The van der Waals surface area contributed by atoms with E-state index in [1.807, 2.05) is 0 Å². The molecule has 0 spiro atoms. The maximum absolute atomic E-state index is 3.59. The molecule has 2 rings (SSSR count). The zero-order valence-corrected chi connectivity index (χ0v) is 11.2. The van der Waals surface area contributed by atoms with E-state index in [0.717, 1.165) is 19.6 Å². The predicted molar refractivity (Wildman–Crippen MR) is 72.9 cm³/mol. The number of benzene rings is 1. The molecule has 0 aliphatic carbocycles. The Kier molecular flexibility index (Phi) is 4.19. The van der Waals surface area contributed by atoms with E-state index in [0.29, 0.717) is 12.1 Å². The van der Waals surface area contributed by atoms with E-state index in [4.69, 9.17) is 0 Å². The first-order valence-electron chi connectivity index (χ1n) is 6.76. The van der Waals surface area contributed by atoms with E-state index in [1.54, 1.807) is 0 Å². The first-order valence-corrected chi connectivity index (χ1v) is 6.76. The number of rotatable bonds is 5. The second kappa shape index (κ2) is 5.65. The molecular weight excluding hydrogens is 208 g/mol. The van der Waals surface area contributed by atoms with Crippen molar-refractivity contribution in [3.63, 3.8) is 0 Å². The van der Waals surface area contributed by atoms with E-state index in [-0.39, 0.29) is 0 Å². The minimum atomic E-state index is 0.560. The number of nitrogens with one attached hydrogen (secondary N) is 1. The van der Waals surface area contributed by atoms with Crippen LogP contribution in [0.4, 0.5) is 0 Å². The average Bonchev–Trinajstić information content (AvgIpc) is 2.78. The van der Waals surface area contributed by atoms with Crippen LogP contribution in [0.2, 0.25) is 0 Å². The largest absolute Gasteiger partial charge is 0.313 e. The lowest BCUT2D eigenvalue weighted by molar-refractivity contribution is 0.176. The molecular formula is C15H24N2. The lowest BCUT2D eigenvalue weighted by Gasteiger charge is -2.30. The summed E-state index contributed by atoms with van der Waals surface area (Å²) in [6.07, 6.45) is 1.21. The molecule has 0 saturated heterocycles. The van der Waals surface area contributed by atoms with Crippen LogP contribution in [0, 0.1) is 0 Å². The topological polar surface area (TPSA) is 15.3 Å². The van der Waals surface area contributed by atoms with Gasteiger partial charge in [-0.25, -0.2) is 0 Å². The van der Waals surface area contributed by atoms with Crippen molar-refractivity contribution < 1.29 is 0 Å². The lowest BCUT2D eigenvalue weighted by atomic mass is 10.1. The Morgan fingerprint density at radius 1 is 1.18 bits per heavy atom. The number of nitrogens with zero attached hydrogens (tertiary/aromatic N) is 1. The van der Waals surface area contributed by atoms with Gasteiger partial charge in [0.15, 0.2) is 0 Å². The highest BCUT2D eigenvalue weighted by molar-refractivity contribution is 5.30. The highest BCUT2D eigenvalue weighted by atomic mass is 15.2. The Morgan fingerprint density at radius 2 is 1.76 bits per heavy atom. The van der Waals surface area contributed by atoms with Gasteiger partial charge in [-0.05, 0) is 37.9 Å². The fourth-order valence-electron chi connectivity index (χ4n) is 2.51. The molecule has 0 saturated carbocycles. The Balaban J connectivity index is 1.93. The van der Waals surface area contributed by atoms with Crippen LogP contribution in [0.5, 0.6) is 0 Å². The van der Waals surface area contributed by atoms with Crippen molar-refractivity contribution in [2.24, 2.45) is 0 Å². The molecule has 1 heterocycles. The lowest BCUT2D eigenvalue weighted by Crippen LogP contribution is -2.44. The van der Waals surface area contributed by atoms with Crippen molar-refractivity contribution in [1.82, 2.24) is 10.2 Å². The summed E-state index contributed by atoms with van der Waals surface area (Å²) in [6, 6.07) is 9.95. The Morgan fingerprint density at radius 3 is 2.29 bits per heavy atom. The molecule has 0 bridgehead atoms. The fourth-order valence-corrected chi connectivity index (χ4v) is 2.51. The molecule has 2 atom stereocenters. The molecule has 1 aromatic carbocycles. The minimum absolute atomic E-state index is 0.560. The maximum atomic E-state index is 3.59. The first-order chi connectivity index (χ1) is 8.22. The fraction of sp³-hybridized carbons (Fsp3) is 0.600. The third kappa shape index (κ3) is 2.88. The molecule has 1 N–H and O–H groups in total. The van der Waals surface area contributed by atoms with Crippen LogP contribution in [0.25, 0.3) is 0 Å². The summed E-state index contributed by atoms with van der Waals surface area (Å²) < 4.78 is 0. The van der Waals surface area contributed by atoms with Gasteiger partial charge in [0.25, 0.3) is 0 Å². The van der Waals surface area contributed by atoms with Crippen molar-refractivity contribution in [2.45, 2.75) is 52.4 Å². The number of hydrogen-bond acceptors (Lipinski definition) is 2. The van der Waals surface area contributed by atoms with Gasteiger partial charge < -0.3 is 5.32 Å². The molecule has 1 aliphatic rings. The van der Waals surface area contributed by atoms with Crippen molar-refractivity contribution in [3.8, 4) is 0 Å². The normalized spacial score (nSPS) is 19.0. The van der Waals surface area contributed by atoms with Crippen LogP contribution in [0.3, 0.4) is 0 Å². The number of hydrogen-bond donors (Lipinski definition) is 1. The summed E-state index contributed by atoms with van der Waals surface area (Å²) in [7, 11) is 0. The molecule has 0 aromatic heterocycles. The standard InChI is InChI=1S/C15H24N2/c1-4-9-16-12(2)13(3)17-10-14-7-5-6-8-15(14)11-17/h5-8,12-13,16H,4,9-11H2,1-3H3. The van der Waals surface area contributed by atoms with Crippen LogP contribution in [0.1, 0.15) is 38.3 Å². The first kappa shape index (κ1) is 12.6. The molecule has 0 fully saturated rings. The van der Waals surface area contributed by atoms with Gasteiger partial charge in [-0.2, -0.15) is 0 Å². The summed E-state index contributed by atoms with van der Waals surface area (Å²) in [4.78, 5) is 2.57. The van der Waals surface area contributed by atoms with Gasteiger partial charge in [-0.3, -0.25) is 4.90 Å². The molecule has 2 unspecified atom stereocenters. The van der Waals surface area contributed by atoms with Crippen LogP contribution >= 0.6 is 0 Å². The summed E-state index contributed by atoms with van der Waals surface area (Å²) in [5, 5.41) is 3.59. The maximum Gasteiger partial charge on any atom is 0.0244 e. The van der Waals surface area contributed by atoms with Crippen LogP contribution < -0.4 is 5.32 Å². The molecule has 17 heavy (non-hydrogen) atoms. The Bertz CT molecular complexity index is 337. The zero-order chi connectivity index (χ0) is 12.3. The highest BCUT2D eigenvalue weighted by Crippen LogP contribution is 2.24. The van der Waals surface area contributed by atoms with Crippen LogP contribution in [0.15, 0.2) is 24.3 Å². The summed E-state index contributed by atoms with van der Waals surface area (Å²) >= 11 is 0. The third-order valence-corrected chi connectivity index (χ3v) is 3.88. The Labute approximate surface area is 105 Å². The van der Waals surface area contributed by atoms with Gasteiger partial charge in [0, 0.05) is 25.2 Å². The van der Waals surface area contributed by atoms with E-state index in [9.17, 15) is 0 Å². The predicted octanol–water partition coefficient (Wildman–Crippen LogP) is 2.78. The smallest absolute Gasteiger partial charge is 0.0244 e. The SMILES string of the molecule is CCCNC(C)C(C)N1Cc2ccccc2C1. The van der Waals surface area contributed by atoms with Crippen molar-refractivity contribution in [3.05, 3.63) is 35.4 Å². The van der Waals surface area contributed by atoms with Crippen LogP contribution in [-0.4, -0.2) is 23.5 Å². The summed E-state index contributed by atoms with van der Waals surface area (Å²) in [6.45, 7) is 10.2. The van der Waals surface area contributed by atoms with E-state index in [2.05, 4.69) is 55.3 Å². The molecule has 2 nitrogen and oxygen atoms in total. The van der Waals surface area contributed by atoms with Gasteiger partial charge in [0.1, 0.15) is 0 Å². The summed E-state index contributed by atoms with van der Waals surface area (Å²) in [5.74, 6) is 0. The summed E-state index contributed by atoms with van der Waals surface area (Å²) in [5.41, 5.74) is 3.00. The van der Waals surface area contributed by atoms with Crippen molar-refractivity contribution in [2.75, 3.05) is 6.54 Å². The second-order valence-electron chi connectivity index (χ2n) is 5.16. The van der Waals surface area contributed by atoms with Gasteiger partial charge in [-0.1, -0.05) is 31.2 Å².